The maximum Gasteiger partial charge on any atom is -0.147 e. The van der Waals surface area contributed by atoms with Crippen LogP contribution < -0.4 is 0 Å². The molecule has 0 N–H and O–H groups in total. The van der Waals surface area contributed by atoms with E-state index < -0.39 is 0 Å². The van der Waals surface area contributed by atoms with Crippen molar-refractivity contribution in [3.8, 4) is 0 Å². The van der Waals surface area contributed by atoms with Crippen LogP contribution >= 0.6 is 24.8 Å². The zero-order valence-electron chi connectivity index (χ0n) is 12.3. The molecule has 18 heavy (non-hydrogen) atoms. The Morgan fingerprint density at radius 3 is 2.00 bits per heavy atom. The molecule has 1 aliphatic carbocycles. The Labute approximate surface area is 141 Å². The van der Waals surface area contributed by atoms with Gasteiger partial charge in [-0.2, -0.15) is 0 Å². The van der Waals surface area contributed by atoms with Crippen LogP contribution in [0.25, 0.3) is 0 Å². The monoisotopic (exact) mass is 367 g/mol. The Morgan fingerprint density at radius 1 is 1.17 bits per heavy atom. The van der Waals surface area contributed by atoms with E-state index >= 15 is 0 Å². The Kier molecular flexibility index (Phi) is 9.77. The van der Waals surface area contributed by atoms with Crippen molar-refractivity contribution in [3.05, 3.63) is 21.0 Å². The van der Waals surface area contributed by atoms with Gasteiger partial charge in [0, 0.05) is 0 Å². The van der Waals surface area contributed by atoms with Crippen molar-refractivity contribution >= 4 is 24.8 Å². The largest absolute Gasteiger partial charge is 0.147 e. The molecule has 3 heteroatoms. The van der Waals surface area contributed by atoms with E-state index in [1.807, 2.05) is 0 Å². The van der Waals surface area contributed by atoms with Crippen LogP contribution in [0.1, 0.15) is 60.3 Å². The van der Waals surface area contributed by atoms with Gasteiger partial charge < -0.3 is 0 Å². The second kappa shape index (κ2) is 8.28. The Balaban J connectivity index is 0. The molecule has 1 unspecified atom stereocenters. The molecule has 0 aliphatic heterocycles. The summed E-state index contributed by atoms with van der Waals surface area (Å²) in [5.41, 5.74) is 2.43. The molecule has 0 radical (unpaired) electrons. The molecule has 1 rings (SSSR count). The molecule has 0 saturated carbocycles. The summed E-state index contributed by atoms with van der Waals surface area (Å²) in [6, 6.07) is 0. The van der Waals surface area contributed by atoms with E-state index in [9.17, 15) is 0 Å². The van der Waals surface area contributed by atoms with Gasteiger partial charge in [0.2, 0.25) is 0 Å². The fraction of sp³-hybridized carbons (Fsp3) is 0.733. The Morgan fingerprint density at radius 2 is 1.72 bits per heavy atom. The van der Waals surface area contributed by atoms with Gasteiger partial charge in [0.15, 0.2) is 0 Å². The molecular weight excluding hydrogens is 342 g/mol. The van der Waals surface area contributed by atoms with Gasteiger partial charge in [-0.05, 0) is 0 Å². The van der Waals surface area contributed by atoms with Crippen LogP contribution in [0.3, 0.4) is 0 Å². The van der Waals surface area contributed by atoms with E-state index in [1.54, 1.807) is 33.6 Å². The molecule has 0 heterocycles. The molecule has 0 fully saturated rings. The molecule has 0 bridgehead atoms. The van der Waals surface area contributed by atoms with Gasteiger partial charge in [0.05, 0.1) is 0 Å². The Hall–Kier alpha value is 0.943. The first-order chi connectivity index (χ1) is 7.39. The zero-order valence-corrected chi connectivity index (χ0v) is 16.4. The van der Waals surface area contributed by atoms with Gasteiger partial charge >= 0.3 is 117 Å². The van der Waals surface area contributed by atoms with E-state index in [1.165, 1.54) is 25.7 Å². The number of hydrogen-bond donors (Lipinski definition) is 0. The molecule has 0 nitrogen and oxygen atoms in total. The van der Waals surface area contributed by atoms with Crippen molar-refractivity contribution in [3.63, 3.8) is 0 Å². The number of hydrogen-bond acceptors (Lipinski definition) is 0. The number of allylic oxidation sites excluding steroid dienone is 4. The third-order valence-electron chi connectivity index (χ3n) is 4.16. The van der Waals surface area contributed by atoms with Gasteiger partial charge in [-0.3, -0.25) is 0 Å². The molecular formula is C15H27Cl2Zr. The van der Waals surface area contributed by atoms with Crippen molar-refractivity contribution < 1.29 is 24.7 Å². The molecule has 0 aromatic carbocycles. The standard InChI is InChI=1S/C15H25.2ClH.Zr/c1-6-12-15(7-2,14(3,4)5)13-10-8-9-11-13;;;/h8,10H,6-7,9,12H2,1-5H3;2*1H;. The third kappa shape index (κ3) is 3.97. The van der Waals surface area contributed by atoms with Crippen LogP contribution in [0.4, 0.5) is 0 Å². The summed E-state index contributed by atoms with van der Waals surface area (Å²) in [6.45, 7) is 11.9. The predicted octanol–water partition coefficient (Wildman–Crippen LogP) is 5.83. The van der Waals surface area contributed by atoms with E-state index in [2.05, 4.69) is 46.8 Å². The van der Waals surface area contributed by atoms with Crippen LogP contribution in [0.5, 0.6) is 0 Å². The summed E-state index contributed by atoms with van der Waals surface area (Å²) >= 11 is 1.61. The van der Waals surface area contributed by atoms with E-state index in [0.717, 1.165) is 0 Å². The summed E-state index contributed by atoms with van der Waals surface area (Å²) in [4.78, 5) is 0. The van der Waals surface area contributed by atoms with Crippen molar-refractivity contribution in [1.29, 1.82) is 0 Å². The second-order valence-electron chi connectivity index (χ2n) is 5.93. The average Bonchev–Trinajstić information content (AvgIpc) is 2.59. The second-order valence-corrected chi connectivity index (χ2v) is 7.42. The smallest absolute Gasteiger partial charge is 0.147 e. The van der Waals surface area contributed by atoms with Crippen molar-refractivity contribution in [1.82, 2.24) is 0 Å². The Bertz CT molecular complexity index is 313. The van der Waals surface area contributed by atoms with Gasteiger partial charge in [0.1, 0.15) is 0 Å². The van der Waals surface area contributed by atoms with E-state index in [4.69, 9.17) is 0 Å². The summed E-state index contributed by atoms with van der Waals surface area (Å²) in [5, 5.41) is 0. The average molecular weight is 370 g/mol. The number of halogens is 2. The molecule has 0 spiro atoms. The molecule has 1 atom stereocenters. The molecule has 105 valence electrons. The summed E-state index contributed by atoms with van der Waals surface area (Å²) in [6.07, 6.45) is 9.84. The van der Waals surface area contributed by atoms with E-state index in [-0.39, 0.29) is 24.8 Å². The SMILES string of the molecule is CCCC(CC)(C1=[C]([Zr])CC=C1)C(C)(C)C.Cl.Cl. The van der Waals surface area contributed by atoms with Crippen LogP contribution in [0, 0.1) is 10.8 Å². The molecule has 0 aromatic rings. The van der Waals surface area contributed by atoms with E-state index in [0.29, 0.717) is 10.8 Å². The minimum atomic E-state index is 0. The molecule has 1 aliphatic rings. The van der Waals surface area contributed by atoms with Crippen LogP contribution in [-0.2, 0) is 24.7 Å². The molecule has 0 saturated heterocycles. The zero-order chi connectivity index (χ0) is 12.4. The summed E-state index contributed by atoms with van der Waals surface area (Å²) in [7, 11) is 0. The minimum absolute atomic E-state index is 0. The van der Waals surface area contributed by atoms with Crippen molar-refractivity contribution in [2.75, 3.05) is 0 Å². The summed E-state index contributed by atoms with van der Waals surface area (Å²) < 4.78 is 1.68. The van der Waals surface area contributed by atoms with Gasteiger partial charge in [0.25, 0.3) is 0 Å². The fourth-order valence-corrected chi connectivity index (χ4v) is 4.27. The maximum atomic E-state index is 2.41. The summed E-state index contributed by atoms with van der Waals surface area (Å²) in [5.74, 6) is 0. The van der Waals surface area contributed by atoms with Gasteiger partial charge in [-0.1, -0.05) is 0 Å². The first-order valence-electron chi connectivity index (χ1n) is 6.51. The predicted molar refractivity (Wildman–Crippen MR) is 82.4 cm³/mol. The van der Waals surface area contributed by atoms with Crippen molar-refractivity contribution in [2.45, 2.75) is 60.3 Å². The van der Waals surface area contributed by atoms with Gasteiger partial charge in [-0.25, -0.2) is 0 Å². The van der Waals surface area contributed by atoms with Gasteiger partial charge in [-0.15, -0.1) is 24.8 Å². The number of rotatable bonds is 4. The minimum Gasteiger partial charge on any atom is -0.147 e. The first kappa shape index (κ1) is 21.2. The molecule has 0 amide bonds. The third-order valence-corrected chi connectivity index (χ3v) is 5.33. The molecule has 0 aromatic heterocycles. The fourth-order valence-electron chi connectivity index (χ4n) is 3.19. The van der Waals surface area contributed by atoms with Crippen LogP contribution in [0.2, 0.25) is 0 Å². The maximum absolute atomic E-state index is 2.41. The quantitative estimate of drug-likeness (QED) is 0.584. The van der Waals surface area contributed by atoms with Crippen molar-refractivity contribution in [2.24, 2.45) is 10.8 Å². The topological polar surface area (TPSA) is 0 Å². The normalized spacial score (nSPS) is 18.0. The van der Waals surface area contributed by atoms with Crippen LogP contribution in [-0.4, -0.2) is 0 Å². The van der Waals surface area contributed by atoms with Crippen LogP contribution in [0.15, 0.2) is 21.0 Å². The first-order valence-corrected chi connectivity index (χ1v) is 7.73.